The van der Waals surface area contributed by atoms with Gasteiger partial charge in [0.15, 0.2) is 0 Å². The number of hydrogen-bond donors (Lipinski definition) is 0. The van der Waals surface area contributed by atoms with Gasteiger partial charge in [0, 0.05) is 17.6 Å². The number of benzene rings is 1. The van der Waals surface area contributed by atoms with E-state index in [0.29, 0.717) is 0 Å². The van der Waals surface area contributed by atoms with E-state index in [9.17, 15) is 5.26 Å². The molecular formula is C16H19BrN2. The minimum absolute atomic E-state index is 0.251. The zero-order valence-electron chi connectivity index (χ0n) is 11.7. The molecule has 1 aliphatic rings. The van der Waals surface area contributed by atoms with Gasteiger partial charge in [-0.2, -0.15) is 5.26 Å². The molecule has 1 aromatic carbocycles. The Bertz CT molecular complexity index is 547. The lowest BCUT2D eigenvalue weighted by atomic mass is 9.83. The average Bonchev–Trinajstić information content (AvgIpc) is 2.37. The standard InChI is InChI=1S/C16H19BrN2/c1-16(2,3)12-7-9-19(10-8-12)15-6-4-5-14(17)13(15)11-18/h4-7H,8-10H2,1-3H3. The maximum absolute atomic E-state index is 9.29. The van der Waals surface area contributed by atoms with Gasteiger partial charge in [-0.05, 0) is 39.9 Å². The summed E-state index contributed by atoms with van der Waals surface area (Å²) in [6.07, 6.45) is 3.38. The maximum Gasteiger partial charge on any atom is 0.103 e. The van der Waals surface area contributed by atoms with Crippen molar-refractivity contribution >= 4 is 21.6 Å². The number of rotatable bonds is 1. The van der Waals surface area contributed by atoms with Crippen molar-refractivity contribution in [3.05, 3.63) is 39.9 Å². The molecular weight excluding hydrogens is 300 g/mol. The number of nitrogens with zero attached hydrogens (tertiary/aromatic N) is 2. The van der Waals surface area contributed by atoms with Crippen LogP contribution in [-0.4, -0.2) is 13.1 Å². The minimum Gasteiger partial charge on any atom is -0.366 e. The number of nitriles is 1. The summed E-state index contributed by atoms with van der Waals surface area (Å²) in [5.41, 5.74) is 3.52. The van der Waals surface area contributed by atoms with E-state index in [1.165, 1.54) is 5.57 Å². The Labute approximate surface area is 123 Å². The first kappa shape index (κ1) is 14.1. The Morgan fingerprint density at radius 1 is 1.32 bits per heavy atom. The highest BCUT2D eigenvalue weighted by Gasteiger charge is 2.22. The van der Waals surface area contributed by atoms with E-state index < -0.39 is 0 Å². The molecule has 0 bridgehead atoms. The second kappa shape index (κ2) is 5.38. The molecule has 19 heavy (non-hydrogen) atoms. The quantitative estimate of drug-likeness (QED) is 0.713. The van der Waals surface area contributed by atoms with Gasteiger partial charge in [-0.1, -0.05) is 38.5 Å². The highest BCUT2D eigenvalue weighted by molar-refractivity contribution is 9.10. The highest BCUT2D eigenvalue weighted by Crippen LogP contribution is 2.33. The first-order valence-corrected chi connectivity index (χ1v) is 7.36. The zero-order valence-corrected chi connectivity index (χ0v) is 13.3. The van der Waals surface area contributed by atoms with E-state index in [4.69, 9.17) is 0 Å². The Kier molecular flexibility index (Phi) is 4.01. The average molecular weight is 319 g/mol. The van der Waals surface area contributed by atoms with Crippen LogP contribution in [0.25, 0.3) is 0 Å². The first-order valence-electron chi connectivity index (χ1n) is 6.56. The highest BCUT2D eigenvalue weighted by atomic mass is 79.9. The van der Waals surface area contributed by atoms with Crippen LogP contribution in [0, 0.1) is 16.7 Å². The van der Waals surface area contributed by atoms with Gasteiger partial charge in [-0.3, -0.25) is 0 Å². The van der Waals surface area contributed by atoms with Crippen LogP contribution in [0.1, 0.15) is 32.8 Å². The number of halogens is 1. The second-order valence-electron chi connectivity index (χ2n) is 5.92. The summed E-state index contributed by atoms with van der Waals surface area (Å²) in [6, 6.07) is 8.23. The van der Waals surface area contributed by atoms with Gasteiger partial charge in [0.1, 0.15) is 6.07 Å². The molecule has 0 aromatic heterocycles. The molecule has 0 aliphatic carbocycles. The van der Waals surface area contributed by atoms with E-state index >= 15 is 0 Å². The lowest BCUT2D eigenvalue weighted by Gasteiger charge is -2.34. The Hall–Kier alpha value is -1.27. The molecule has 1 heterocycles. The van der Waals surface area contributed by atoms with E-state index in [1.807, 2.05) is 18.2 Å². The molecule has 1 aromatic rings. The fourth-order valence-corrected chi connectivity index (χ4v) is 2.90. The first-order chi connectivity index (χ1) is 8.93. The summed E-state index contributed by atoms with van der Waals surface area (Å²) >= 11 is 3.45. The molecule has 0 radical (unpaired) electrons. The molecule has 0 N–H and O–H groups in total. The summed E-state index contributed by atoms with van der Waals surface area (Å²) in [5, 5.41) is 9.29. The molecule has 0 atom stereocenters. The van der Waals surface area contributed by atoms with Crippen LogP contribution in [0.15, 0.2) is 34.3 Å². The minimum atomic E-state index is 0.251. The van der Waals surface area contributed by atoms with E-state index in [-0.39, 0.29) is 5.41 Å². The van der Waals surface area contributed by atoms with Gasteiger partial charge in [0.2, 0.25) is 0 Å². The van der Waals surface area contributed by atoms with Gasteiger partial charge in [-0.15, -0.1) is 0 Å². The van der Waals surface area contributed by atoms with Crippen LogP contribution < -0.4 is 4.90 Å². The fourth-order valence-electron chi connectivity index (χ4n) is 2.46. The van der Waals surface area contributed by atoms with Crippen LogP contribution in [0.2, 0.25) is 0 Å². The Morgan fingerprint density at radius 3 is 2.58 bits per heavy atom. The van der Waals surface area contributed by atoms with Crippen LogP contribution in [-0.2, 0) is 0 Å². The van der Waals surface area contributed by atoms with Crippen molar-refractivity contribution in [2.24, 2.45) is 5.41 Å². The third-order valence-electron chi connectivity index (χ3n) is 3.62. The van der Waals surface area contributed by atoms with Crippen molar-refractivity contribution in [3.63, 3.8) is 0 Å². The topological polar surface area (TPSA) is 27.0 Å². The maximum atomic E-state index is 9.29. The van der Waals surface area contributed by atoms with Gasteiger partial charge < -0.3 is 4.90 Å². The number of hydrogen-bond acceptors (Lipinski definition) is 2. The SMILES string of the molecule is CC(C)(C)C1=CCN(c2cccc(Br)c2C#N)CC1. The van der Waals surface area contributed by atoms with Crippen molar-refractivity contribution in [2.75, 3.05) is 18.0 Å². The third kappa shape index (κ3) is 3.01. The molecule has 2 nitrogen and oxygen atoms in total. The molecule has 2 rings (SSSR count). The fraction of sp³-hybridized carbons (Fsp3) is 0.438. The molecule has 3 heteroatoms. The molecule has 100 valence electrons. The molecule has 0 fully saturated rings. The van der Waals surface area contributed by atoms with Crippen molar-refractivity contribution < 1.29 is 0 Å². The zero-order chi connectivity index (χ0) is 14.0. The van der Waals surface area contributed by atoms with Crippen molar-refractivity contribution in [3.8, 4) is 6.07 Å². The Morgan fingerprint density at radius 2 is 2.05 bits per heavy atom. The smallest absolute Gasteiger partial charge is 0.103 e. The van der Waals surface area contributed by atoms with Crippen LogP contribution in [0.4, 0.5) is 5.69 Å². The predicted molar refractivity (Wildman–Crippen MR) is 83.2 cm³/mol. The summed E-state index contributed by atoms with van der Waals surface area (Å²) in [5.74, 6) is 0. The van der Waals surface area contributed by atoms with Gasteiger partial charge in [-0.25, -0.2) is 0 Å². The third-order valence-corrected chi connectivity index (χ3v) is 4.28. The summed E-state index contributed by atoms with van der Waals surface area (Å²) in [6.45, 7) is 8.64. The molecule has 0 amide bonds. The predicted octanol–water partition coefficient (Wildman–Crippen LogP) is 4.50. The lowest BCUT2D eigenvalue weighted by molar-refractivity contribution is 0.472. The van der Waals surface area contributed by atoms with Crippen molar-refractivity contribution in [2.45, 2.75) is 27.2 Å². The molecule has 0 unspecified atom stereocenters. The second-order valence-corrected chi connectivity index (χ2v) is 6.78. The molecule has 0 spiro atoms. The van der Waals surface area contributed by atoms with Crippen LogP contribution in [0.5, 0.6) is 0 Å². The lowest BCUT2D eigenvalue weighted by Crippen LogP contribution is -2.31. The largest absolute Gasteiger partial charge is 0.366 e. The molecule has 0 saturated carbocycles. The summed E-state index contributed by atoms with van der Waals surface area (Å²) in [4.78, 5) is 2.28. The van der Waals surface area contributed by atoms with Gasteiger partial charge >= 0.3 is 0 Å². The molecule has 1 aliphatic heterocycles. The van der Waals surface area contributed by atoms with Crippen molar-refractivity contribution in [1.82, 2.24) is 0 Å². The van der Waals surface area contributed by atoms with Gasteiger partial charge in [0.05, 0.1) is 11.3 Å². The van der Waals surface area contributed by atoms with Crippen LogP contribution in [0.3, 0.4) is 0 Å². The summed E-state index contributed by atoms with van der Waals surface area (Å²) in [7, 11) is 0. The van der Waals surface area contributed by atoms with Gasteiger partial charge in [0.25, 0.3) is 0 Å². The normalized spacial score (nSPS) is 15.9. The summed E-state index contributed by atoms with van der Waals surface area (Å²) < 4.78 is 0.873. The number of anilines is 1. The van der Waals surface area contributed by atoms with E-state index in [0.717, 1.165) is 35.2 Å². The van der Waals surface area contributed by atoms with Crippen LogP contribution >= 0.6 is 15.9 Å². The van der Waals surface area contributed by atoms with E-state index in [2.05, 4.69) is 53.7 Å². The molecule has 0 saturated heterocycles. The van der Waals surface area contributed by atoms with E-state index in [1.54, 1.807) is 0 Å². The van der Waals surface area contributed by atoms with Crippen molar-refractivity contribution in [1.29, 1.82) is 5.26 Å². The Balaban J connectivity index is 2.26. The monoisotopic (exact) mass is 318 g/mol.